The van der Waals surface area contributed by atoms with Gasteiger partial charge in [-0.25, -0.2) is 4.79 Å². The minimum Gasteiger partial charge on any atom is -0.494 e. The van der Waals surface area contributed by atoms with Crippen LogP contribution in [0.3, 0.4) is 0 Å². The molecule has 4 aromatic rings. The summed E-state index contributed by atoms with van der Waals surface area (Å²) in [7, 11) is 0. The highest BCUT2D eigenvalue weighted by Gasteiger charge is 2.13. The number of furan rings is 1. The zero-order valence-corrected chi connectivity index (χ0v) is 14.1. The SMILES string of the molecule is O=c1[nH]c(=O)n(Cc2ccco2)c(O)c1C=Nc1ccc2ccccc2c1. The lowest BCUT2D eigenvalue weighted by molar-refractivity contribution is 0.392. The molecule has 0 radical (unpaired) electrons. The summed E-state index contributed by atoms with van der Waals surface area (Å²) in [5.74, 6) is 0.00144. The van der Waals surface area contributed by atoms with Crippen LogP contribution in [0.5, 0.6) is 5.88 Å². The topological polar surface area (TPSA) is 101 Å². The quantitative estimate of drug-likeness (QED) is 0.546. The number of aromatic amines is 1. The molecule has 134 valence electrons. The number of aliphatic imine (C=N–C) groups is 1. The van der Waals surface area contributed by atoms with Crippen LogP contribution >= 0.6 is 0 Å². The summed E-state index contributed by atoms with van der Waals surface area (Å²) in [4.78, 5) is 30.6. The van der Waals surface area contributed by atoms with Gasteiger partial charge >= 0.3 is 5.69 Å². The molecule has 0 atom stereocenters. The van der Waals surface area contributed by atoms with Crippen LogP contribution in [0.4, 0.5) is 5.69 Å². The van der Waals surface area contributed by atoms with E-state index in [1.807, 2.05) is 42.5 Å². The Bertz CT molecular complexity index is 1250. The molecule has 0 bridgehead atoms. The third-order valence-electron chi connectivity index (χ3n) is 4.18. The van der Waals surface area contributed by atoms with Gasteiger partial charge in [0.05, 0.1) is 18.5 Å². The van der Waals surface area contributed by atoms with Crippen LogP contribution in [-0.2, 0) is 6.54 Å². The number of nitrogens with zero attached hydrogens (tertiary/aromatic N) is 2. The zero-order chi connectivity index (χ0) is 18.8. The highest BCUT2D eigenvalue weighted by atomic mass is 16.3. The van der Waals surface area contributed by atoms with Gasteiger partial charge in [0.1, 0.15) is 11.3 Å². The van der Waals surface area contributed by atoms with E-state index in [1.54, 1.807) is 12.1 Å². The van der Waals surface area contributed by atoms with Crippen LogP contribution < -0.4 is 11.2 Å². The maximum absolute atomic E-state index is 12.1. The average Bonchev–Trinajstić information content (AvgIpc) is 3.18. The van der Waals surface area contributed by atoms with Crippen molar-refractivity contribution in [2.45, 2.75) is 6.54 Å². The van der Waals surface area contributed by atoms with Crippen molar-refractivity contribution in [2.75, 3.05) is 0 Å². The van der Waals surface area contributed by atoms with Gasteiger partial charge in [0.2, 0.25) is 5.88 Å². The third-order valence-corrected chi connectivity index (χ3v) is 4.18. The van der Waals surface area contributed by atoms with Crippen molar-refractivity contribution in [3.63, 3.8) is 0 Å². The van der Waals surface area contributed by atoms with E-state index in [9.17, 15) is 14.7 Å². The molecule has 0 fully saturated rings. The van der Waals surface area contributed by atoms with Gasteiger partial charge in [-0.1, -0.05) is 30.3 Å². The second kappa shape index (κ2) is 6.80. The minimum absolute atomic E-state index is 0.00867. The number of aromatic nitrogens is 2. The first-order valence-corrected chi connectivity index (χ1v) is 8.23. The molecule has 0 amide bonds. The Morgan fingerprint density at radius 3 is 2.67 bits per heavy atom. The fourth-order valence-electron chi connectivity index (χ4n) is 2.79. The Morgan fingerprint density at radius 2 is 1.89 bits per heavy atom. The molecular weight excluding hydrogens is 346 g/mol. The van der Waals surface area contributed by atoms with E-state index in [2.05, 4.69) is 9.98 Å². The Kier molecular flexibility index (Phi) is 4.18. The fraction of sp³-hybridized carbons (Fsp3) is 0.0500. The van der Waals surface area contributed by atoms with E-state index in [0.29, 0.717) is 11.4 Å². The number of H-pyrrole nitrogens is 1. The third kappa shape index (κ3) is 3.30. The van der Waals surface area contributed by atoms with Gasteiger partial charge in [-0.05, 0) is 35.0 Å². The van der Waals surface area contributed by atoms with Gasteiger partial charge in [0.25, 0.3) is 5.56 Å². The molecule has 7 nitrogen and oxygen atoms in total. The maximum atomic E-state index is 12.1. The van der Waals surface area contributed by atoms with Crippen molar-refractivity contribution in [2.24, 2.45) is 4.99 Å². The summed E-state index contributed by atoms with van der Waals surface area (Å²) in [6, 6.07) is 16.8. The molecule has 0 aliphatic rings. The van der Waals surface area contributed by atoms with E-state index in [-0.39, 0.29) is 12.1 Å². The number of nitrogens with one attached hydrogen (secondary N) is 1. The fourth-order valence-corrected chi connectivity index (χ4v) is 2.79. The summed E-state index contributed by atoms with van der Waals surface area (Å²) in [6.07, 6.45) is 2.71. The minimum atomic E-state index is -0.725. The molecule has 4 rings (SSSR count). The summed E-state index contributed by atoms with van der Waals surface area (Å²) in [5.41, 5.74) is -0.917. The highest BCUT2D eigenvalue weighted by Crippen LogP contribution is 2.21. The molecule has 0 saturated heterocycles. The Balaban J connectivity index is 1.73. The van der Waals surface area contributed by atoms with Gasteiger partial charge < -0.3 is 9.52 Å². The number of hydrogen-bond acceptors (Lipinski definition) is 5. The van der Waals surface area contributed by atoms with E-state index < -0.39 is 17.1 Å². The lowest BCUT2D eigenvalue weighted by Gasteiger charge is -2.07. The molecule has 2 aromatic heterocycles. The van der Waals surface area contributed by atoms with E-state index in [1.165, 1.54) is 12.5 Å². The van der Waals surface area contributed by atoms with Crippen LogP contribution in [0.1, 0.15) is 11.3 Å². The van der Waals surface area contributed by atoms with Gasteiger partial charge in [-0.15, -0.1) is 0 Å². The Hall–Kier alpha value is -3.87. The molecule has 0 aliphatic carbocycles. The smallest absolute Gasteiger partial charge is 0.331 e. The van der Waals surface area contributed by atoms with Gasteiger partial charge in [0, 0.05) is 6.21 Å². The highest BCUT2D eigenvalue weighted by molar-refractivity contribution is 5.88. The molecule has 0 unspecified atom stereocenters. The second-order valence-corrected chi connectivity index (χ2v) is 5.95. The van der Waals surface area contributed by atoms with Crippen molar-refractivity contribution in [1.29, 1.82) is 0 Å². The number of rotatable bonds is 4. The monoisotopic (exact) mass is 361 g/mol. The second-order valence-electron chi connectivity index (χ2n) is 5.95. The Morgan fingerprint density at radius 1 is 1.07 bits per heavy atom. The largest absolute Gasteiger partial charge is 0.494 e. The van der Waals surface area contributed by atoms with Crippen LogP contribution in [0, 0.1) is 0 Å². The lowest BCUT2D eigenvalue weighted by atomic mass is 10.1. The van der Waals surface area contributed by atoms with E-state index in [4.69, 9.17) is 4.42 Å². The maximum Gasteiger partial charge on any atom is 0.331 e. The predicted molar refractivity (Wildman–Crippen MR) is 102 cm³/mol. The molecule has 2 N–H and O–H groups in total. The number of aromatic hydroxyl groups is 1. The van der Waals surface area contributed by atoms with Crippen LogP contribution in [0.2, 0.25) is 0 Å². The molecule has 7 heteroatoms. The van der Waals surface area contributed by atoms with Crippen molar-refractivity contribution in [3.8, 4) is 5.88 Å². The van der Waals surface area contributed by atoms with Crippen LogP contribution in [-0.4, -0.2) is 20.9 Å². The van der Waals surface area contributed by atoms with Crippen molar-refractivity contribution in [3.05, 3.63) is 93.0 Å². The first-order valence-electron chi connectivity index (χ1n) is 8.23. The molecular formula is C20H15N3O4. The first-order chi connectivity index (χ1) is 13.1. The zero-order valence-electron chi connectivity index (χ0n) is 14.1. The number of benzene rings is 2. The summed E-state index contributed by atoms with van der Waals surface area (Å²) in [5, 5.41) is 12.5. The summed E-state index contributed by atoms with van der Waals surface area (Å²) in [6.45, 7) is -0.00867. The van der Waals surface area contributed by atoms with Crippen LogP contribution in [0.15, 0.2) is 79.9 Å². The predicted octanol–water partition coefficient (Wildman–Crippen LogP) is 2.79. The van der Waals surface area contributed by atoms with E-state index in [0.717, 1.165) is 15.3 Å². The number of hydrogen-bond donors (Lipinski definition) is 2. The molecule has 0 saturated carbocycles. The lowest BCUT2D eigenvalue weighted by Crippen LogP contribution is -2.32. The Labute approximate surface area is 152 Å². The average molecular weight is 361 g/mol. The van der Waals surface area contributed by atoms with Crippen molar-refractivity contribution in [1.82, 2.24) is 9.55 Å². The normalized spacial score (nSPS) is 11.4. The number of fused-ring (bicyclic) bond motifs is 1. The first kappa shape index (κ1) is 16.6. The van der Waals surface area contributed by atoms with Crippen molar-refractivity contribution < 1.29 is 9.52 Å². The van der Waals surface area contributed by atoms with Crippen LogP contribution in [0.25, 0.3) is 10.8 Å². The summed E-state index contributed by atoms with van der Waals surface area (Å²) >= 11 is 0. The van der Waals surface area contributed by atoms with Gasteiger partial charge in [0.15, 0.2) is 0 Å². The molecule has 2 aromatic carbocycles. The summed E-state index contributed by atoms with van der Waals surface area (Å²) < 4.78 is 6.21. The van der Waals surface area contributed by atoms with Gasteiger partial charge in [-0.2, -0.15) is 0 Å². The molecule has 0 aliphatic heterocycles. The standard InChI is InChI=1S/C20H15N3O4/c24-18-17(11-21-15-8-7-13-4-1-2-5-14(13)10-15)19(25)23(20(26)22-18)12-16-6-3-9-27-16/h1-11,25H,12H2,(H,22,24,26). The van der Waals surface area contributed by atoms with Gasteiger partial charge in [-0.3, -0.25) is 19.3 Å². The van der Waals surface area contributed by atoms with Crippen molar-refractivity contribution >= 4 is 22.7 Å². The molecule has 2 heterocycles. The molecule has 0 spiro atoms. The molecule has 27 heavy (non-hydrogen) atoms. The van der Waals surface area contributed by atoms with E-state index >= 15 is 0 Å².